The van der Waals surface area contributed by atoms with Crippen LogP contribution in [-0.4, -0.2) is 18.1 Å². The minimum Gasteiger partial charge on any atom is -0.497 e. The maximum atomic E-state index is 12.4. The zero-order valence-electron chi connectivity index (χ0n) is 17.8. The smallest absolute Gasteiger partial charge is 0.334 e. The van der Waals surface area contributed by atoms with Crippen LogP contribution >= 0.6 is 11.6 Å². The van der Waals surface area contributed by atoms with Gasteiger partial charge in [-0.25, -0.2) is 9.78 Å². The summed E-state index contributed by atoms with van der Waals surface area (Å²) in [6.07, 6.45) is 2.99. The minimum absolute atomic E-state index is 0.158. The van der Waals surface area contributed by atoms with Crippen molar-refractivity contribution in [2.24, 2.45) is 0 Å². The van der Waals surface area contributed by atoms with Crippen molar-refractivity contribution >= 4 is 17.6 Å². The first-order valence-corrected chi connectivity index (χ1v) is 10.6. The number of oxazole rings is 1. The van der Waals surface area contributed by atoms with E-state index >= 15 is 0 Å². The highest BCUT2D eigenvalue weighted by Gasteiger charge is 2.18. The molecule has 3 rings (SSSR count). The minimum atomic E-state index is -0.475. The molecule has 0 unspecified atom stereocenters. The molecule has 0 saturated heterocycles. The number of carbonyl (C=O) groups excluding carboxylic acids is 1. The number of ether oxygens (including phenoxy) is 2. The van der Waals surface area contributed by atoms with E-state index in [4.69, 9.17) is 25.5 Å². The number of rotatable bonds is 10. The monoisotopic (exact) mass is 439 g/mol. The first-order chi connectivity index (χ1) is 15.0. The van der Waals surface area contributed by atoms with Crippen molar-refractivity contribution in [1.82, 2.24) is 4.98 Å². The second-order valence-electron chi connectivity index (χ2n) is 7.19. The van der Waals surface area contributed by atoms with Crippen LogP contribution < -0.4 is 4.74 Å². The summed E-state index contributed by atoms with van der Waals surface area (Å²) in [5.74, 6) is 1.52. The molecule has 0 aliphatic heterocycles. The molecule has 0 amide bonds. The summed E-state index contributed by atoms with van der Waals surface area (Å²) in [5.41, 5.74) is 2.86. The molecule has 0 N–H and O–H groups in total. The van der Waals surface area contributed by atoms with Crippen LogP contribution in [0.1, 0.15) is 37.0 Å². The van der Waals surface area contributed by atoms with Gasteiger partial charge in [0.15, 0.2) is 5.89 Å². The second kappa shape index (κ2) is 10.8. The van der Waals surface area contributed by atoms with Crippen LogP contribution in [0.15, 0.2) is 65.1 Å². The lowest BCUT2D eigenvalue weighted by Gasteiger charge is -2.07. The molecule has 1 aromatic heterocycles. The Balaban J connectivity index is 1.66. The van der Waals surface area contributed by atoms with Gasteiger partial charge in [-0.05, 0) is 36.2 Å². The molecule has 0 fully saturated rings. The summed E-state index contributed by atoms with van der Waals surface area (Å²) in [4.78, 5) is 17.0. The van der Waals surface area contributed by atoms with Gasteiger partial charge in [0.05, 0.1) is 13.5 Å². The molecule has 1 heterocycles. The number of halogens is 1. The van der Waals surface area contributed by atoms with Crippen molar-refractivity contribution in [3.8, 4) is 17.0 Å². The highest BCUT2D eigenvalue weighted by atomic mass is 35.5. The molecule has 2 aromatic carbocycles. The topological polar surface area (TPSA) is 61.6 Å². The third-order valence-electron chi connectivity index (χ3n) is 4.80. The molecule has 6 heteroatoms. The maximum Gasteiger partial charge on any atom is 0.334 e. The lowest BCUT2D eigenvalue weighted by Crippen LogP contribution is -2.09. The number of benzene rings is 2. The summed E-state index contributed by atoms with van der Waals surface area (Å²) in [5, 5.41) is 0.663. The predicted octanol–water partition coefficient (Wildman–Crippen LogP) is 6.19. The van der Waals surface area contributed by atoms with Gasteiger partial charge in [-0.15, -0.1) is 0 Å². The van der Waals surface area contributed by atoms with E-state index in [1.165, 1.54) is 0 Å². The number of methoxy groups -OCH3 is 1. The maximum absolute atomic E-state index is 12.4. The molecular weight excluding hydrogens is 414 g/mol. The number of carbonyl (C=O) groups is 1. The molecule has 5 nitrogen and oxygen atoms in total. The van der Waals surface area contributed by atoms with Gasteiger partial charge < -0.3 is 13.9 Å². The van der Waals surface area contributed by atoms with Crippen molar-refractivity contribution in [2.75, 3.05) is 7.11 Å². The third-order valence-corrected chi connectivity index (χ3v) is 5.05. The average Bonchev–Trinajstić information content (AvgIpc) is 3.19. The Morgan fingerprint density at radius 3 is 2.48 bits per heavy atom. The fourth-order valence-corrected chi connectivity index (χ4v) is 3.17. The fraction of sp³-hybridized carbons (Fsp3) is 0.280. The normalized spacial score (nSPS) is 10.7. The van der Waals surface area contributed by atoms with Crippen molar-refractivity contribution in [3.63, 3.8) is 0 Å². The highest BCUT2D eigenvalue weighted by molar-refractivity contribution is 6.30. The molecular formula is C25H26ClNO4. The van der Waals surface area contributed by atoms with Gasteiger partial charge in [-0.2, -0.15) is 0 Å². The summed E-state index contributed by atoms with van der Waals surface area (Å²) in [6, 6.07) is 14.8. The van der Waals surface area contributed by atoms with Gasteiger partial charge in [0, 0.05) is 22.6 Å². The summed E-state index contributed by atoms with van der Waals surface area (Å²) >= 11 is 6.01. The summed E-state index contributed by atoms with van der Waals surface area (Å²) in [6.45, 7) is 6.15. The first-order valence-electron chi connectivity index (χ1n) is 10.2. The largest absolute Gasteiger partial charge is 0.497 e. The second-order valence-corrected chi connectivity index (χ2v) is 7.63. The first kappa shape index (κ1) is 22.6. The fourth-order valence-electron chi connectivity index (χ4n) is 3.04. The van der Waals surface area contributed by atoms with Crippen molar-refractivity contribution in [3.05, 3.63) is 82.9 Å². The van der Waals surface area contributed by atoms with Crippen LogP contribution in [0.2, 0.25) is 5.02 Å². The lowest BCUT2D eigenvalue weighted by atomic mass is 10.1. The molecule has 162 valence electrons. The molecule has 0 aliphatic rings. The van der Waals surface area contributed by atoms with Crippen molar-refractivity contribution < 1.29 is 18.7 Å². The van der Waals surface area contributed by atoms with E-state index in [9.17, 15) is 4.79 Å². The van der Waals surface area contributed by atoms with E-state index in [1.807, 2.05) is 48.5 Å². The lowest BCUT2D eigenvalue weighted by molar-refractivity contribution is -0.140. The van der Waals surface area contributed by atoms with E-state index in [-0.39, 0.29) is 13.0 Å². The number of unbranched alkanes of at least 4 members (excludes halogenated alkanes) is 1. The van der Waals surface area contributed by atoms with E-state index in [0.29, 0.717) is 16.5 Å². The standard InChI is InChI=1S/C25H26ClNO4/c1-4-5-6-22-24(19-9-11-20(26)12-10-19)27-23(31-22)15-17(2)25(28)30-16-18-7-13-21(29-3)14-8-18/h7-14H,2,4-6,15-16H2,1,3H3. The van der Waals surface area contributed by atoms with Crippen LogP contribution in [0, 0.1) is 0 Å². The third kappa shape index (κ3) is 6.22. The molecule has 31 heavy (non-hydrogen) atoms. The van der Waals surface area contributed by atoms with E-state index < -0.39 is 5.97 Å². The number of aromatic nitrogens is 1. The zero-order valence-corrected chi connectivity index (χ0v) is 18.6. The summed E-state index contributed by atoms with van der Waals surface area (Å²) < 4.78 is 16.5. The molecule has 0 spiro atoms. The molecule has 0 radical (unpaired) electrons. The van der Waals surface area contributed by atoms with Gasteiger partial charge in [-0.3, -0.25) is 0 Å². The Morgan fingerprint density at radius 1 is 1.13 bits per heavy atom. The van der Waals surface area contributed by atoms with E-state index in [1.54, 1.807) is 7.11 Å². The quantitative estimate of drug-likeness (QED) is 0.278. The summed E-state index contributed by atoms with van der Waals surface area (Å²) in [7, 11) is 1.60. The molecule has 0 bridgehead atoms. The number of hydrogen-bond acceptors (Lipinski definition) is 5. The molecule has 0 aliphatic carbocycles. The van der Waals surface area contributed by atoms with Crippen LogP contribution in [0.25, 0.3) is 11.3 Å². The van der Waals surface area contributed by atoms with Gasteiger partial charge >= 0.3 is 5.97 Å². The molecule has 3 aromatic rings. The van der Waals surface area contributed by atoms with E-state index in [0.717, 1.165) is 47.6 Å². The van der Waals surface area contributed by atoms with Gasteiger partial charge in [0.1, 0.15) is 23.8 Å². The van der Waals surface area contributed by atoms with Crippen LogP contribution in [0.3, 0.4) is 0 Å². The van der Waals surface area contributed by atoms with Gasteiger partial charge in [0.2, 0.25) is 0 Å². The van der Waals surface area contributed by atoms with Crippen LogP contribution in [0.4, 0.5) is 0 Å². The van der Waals surface area contributed by atoms with Crippen LogP contribution in [-0.2, 0) is 29.0 Å². The van der Waals surface area contributed by atoms with Gasteiger partial charge in [0.25, 0.3) is 0 Å². The van der Waals surface area contributed by atoms with Crippen molar-refractivity contribution in [2.45, 2.75) is 39.2 Å². The predicted molar refractivity (Wildman–Crippen MR) is 121 cm³/mol. The van der Waals surface area contributed by atoms with Crippen molar-refractivity contribution in [1.29, 1.82) is 0 Å². The molecule has 0 saturated carbocycles. The molecule has 0 atom stereocenters. The van der Waals surface area contributed by atoms with Gasteiger partial charge in [-0.1, -0.05) is 55.8 Å². The number of esters is 1. The number of aryl methyl sites for hydroxylation is 1. The Kier molecular flexibility index (Phi) is 7.90. The number of nitrogens with zero attached hydrogens (tertiary/aromatic N) is 1. The average molecular weight is 440 g/mol. The Labute approximate surface area is 187 Å². The Bertz CT molecular complexity index is 1020. The zero-order chi connectivity index (χ0) is 22.2. The van der Waals surface area contributed by atoms with Crippen LogP contribution in [0.5, 0.6) is 5.75 Å². The SMILES string of the molecule is C=C(Cc1nc(-c2ccc(Cl)cc2)c(CCCC)o1)C(=O)OCc1ccc(OC)cc1. The van der Waals surface area contributed by atoms with E-state index in [2.05, 4.69) is 18.5 Å². The Morgan fingerprint density at radius 2 is 1.84 bits per heavy atom. The number of hydrogen-bond donors (Lipinski definition) is 0. The Hall–Kier alpha value is -3.05. The highest BCUT2D eigenvalue weighted by Crippen LogP contribution is 2.27.